The molecule has 0 bridgehead atoms. The van der Waals surface area contributed by atoms with Gasteiger partial charge in [0.05, 0.1) is 4.92 Å². The van der Waals surface area contributed by atoms with Crippen molar-refractivity contribution in [3.05, 3.63) is 68.2 Å². The average molecular weight is 415 g/mol. The van der Waals surface area contributed by atoms with Gasteiger partial charge in [0, 0.05) is 34.7 Å². The van der Waals surface area contributed by atoms with E-state index in [1.54, 1.807) is 35.2 Å². The second-order valence-electron chi connectivity index (χ2n) is 6.99. The number of thiophene rings is 1. The van der Waals surface area contributed by atoms with Gasteiger partial charge in [0.15, 0.2) is 5.16 Å². The SMILES string of the molecule is O=[N+]([O-])c1ccccc1CSc1nnc(Cc2cccs2)n1C1CCCCC1. The summed E-state index contributed by atoms with van der Waals surface area (Å²) in [6.07, 6.45) is 6.83. The van der Waals surface area contributed by atoms with E-state index in [2.05, 4.69) is 32.3 Å². The molecule has 0 unspecified atom stereocenters. The lowest BCUT2D eigenvalue weighted by atomic mass is 9.95. The van der Waals surface area contributed by atoms with Crippen LogP contribution >= 0.6 is 23.1 Å². The molecule has 3 aromatic rings. The zero-order chi connectivity index (χ0) is 19.3. The zero-order valence-corrected chi connectivity index (χ0v) is 17.1. The summed E-state index contributed by atoms with van der Waals surface area (Å²) in [5, 5.41) is 23.2. The van der Waals surface area contributed by atoms with Crippen LogP contribution in [0.5, 0.6) is 0 Å². The van der Waals surface area contributed by atoms with Crippen LogP contribution in [0.3, 0.4) is 0 Å². The Kier molecular flexibility index (Phi) is 6.07. The normalized spacial score (nSPS) is 15.0. The van der Waals surface area contributed by atoms with Gasteiger partial charge in [0.2, 0.25) is 0 Å². The summed E-state index contributed by atoms with van der Waals surface area (Å²) in [5.41, 5.74) is 0.882. The molecule has 2 heterocycles. The van der Waals surface area contributed by atoms with E-state index in [-0.39, 0.29) is 10.6 Å². The van der Waals surface area contributed by atoms with Crippen molar-refractivity contribution in [2.24, 2.45) is 0 Å². The van der Waals surface area contributed by atoms with Crippen LogP contribution in [0.4, 0.5) is 5.69 Å². The van der Waals surface area contributed by atoms with Crippen molar-refractivity contribution in [3.63, 3.8) is 0 Å². The van der Waals surface area contributed by atoms with Crippen LogP contribution in [0, 0.1) is 10.1 Å². The van der Waals surface area contributed by atoms with Crippen LogP contribution in [0.1, 0.15) is 54.4 Å². The van der Waals surface area contributed by atoms with E-state index in [4.69, 9.17) is 0 Å². The fourth-order valence-electron chi connectivity index (χ4n) is 3.75. The van der Waals surface area contributed by atoms with Crippen molar-refractivity contribution in [3.8, 4) is 0 Å². The van der Waals surface area contributed by atoms with Crippen LogP contribution in [-0.2, 0) is 12.2 Å². The maximum atomic E-state index is 11.3. The molecule has 4 rings (SSSR count). The first-order valence-corrected chi connectivity index (χ1v) is 11.4. The molecule has 0 spiro atoms. The maximum absolute atomic E-state index is 11.3. The zero-order valence-electron chi connectivity index (χ0n) is 15.5. The second kappa shape index (κ2) is 8.87. The summed E-state index contributed by atoms with van der Waals surface area (Å²) < 4.78 is 2.30. The van der Waals surface area contributed by atoms with Crippen LogP contribution < -0.4 is 0 Å². The molecule has 8 heteroatoms. The highest BCUT2D eigenvalue weighted by Crippen LogP contribution is 2.35. The largest absolute Gasteiger partial charge is 0.303 e. The van der Waals surface area contributed by atoms with E-state index >= 15 is 0 Å². The summed E-state index contributed by atoms with van der Waals surface area (Å²) in [6.45, 7) is 0. The van der Waals surface area contributed by atoms with Crippen molar-refractivity contribution in [1.82, 2.24) is 14.8 Å². The third-order valence-electron chi connectivity index (χ3n) is 5.13. The van der Waals surface area contributed by atoms with E-state index in [0.29, 0.717) is 11.8 Å². The Morgan fingerprint density at radius 1 is 1.14 bits per heavy atom. The molecule has 1 aliphatic rings. The fourth-order valence-corrected chi connectivity index (χ4v) is 5.48. The average Bonchev–Trinajstić information content (AvgIpc) is 3.37. The van der Waals surface area contributed by atoms with Gasteiger partial charge in [-0.2, -0.15) is 0 Å². The van der Waals surface area contributed by atoms with Crippen molar-refractivity contribution in [1.29, 1.82) is 0 Å². The lowest BCUT2D eigenvalue weighted by molar-refractivity contribution is -0.385. The smallest absolute Gasteiger partial charge is 0.273 e. The monoisotopic (exact) mass is 414 g/mol. The minimum Gasteiger partial charge on any atom is -0.303 e. The molecular weight excluding hydrogens is 392 g/mol. The van der Waals surface area contributed by atoms with Crippen LogP contribution in [-0.4, -0.2) is 19.7 Å². The number of para-hydroxylation sites is 1. The molecule has 1 saturated carbocycles. The Hall–Kier alpha value is -2.19. The van der Waals surface area contributed by atoms with Crippen LogP contribution in [0.25, 0.3) is 0 Å². The first kappa shape index (κ1) is 19.1. The van der Waals surface area contributed by atoms with E-state index in [0.717, 1.165) is 35.8 Å². The Morgan fingerprint density at radius 2 is 1.96 bits per heavy atom. The van der Waals surface area contributed by atoms with Gasteiger partial charge in [-0.05, 0) is 24.3 Å². The molecule has 1 aliphatic carbocycles. The van der Waals surface area contributed by atoms with Crippen molar-refractivity contribution < 1.29 is 4.92 Å². The Balaban J connectivity index is 1.59. The Bertz CT molecular complexity index is 934. The molecule has 0 aliphatic heterocycles. The van der Waals surface area contributed by atoms with Gasteiger partial charge in [-0.15, -0.1) is 21.5 Å². The van der Waals surface area contributed by atoms with Gasteiger partial charge in [-0.25, -0.2) is 0 Å². The lowest BCUT2D eigenvalue weighted by Crippen LogP contribution is -2.16. The minimum atomic E-state index is -0.316. The number of thioether (sulfide) groups is 1. The number of hydrogen-bond acceptors (Lipinski definition) is 6. The van der Waals surface area contributed by atoms with Gasteiger partial charge >= 0.3 is 0 Å². The molecule has 2 aromatic heterocycles. The van der Waals surface area contributed by atoms with Gasteiger partial charge < -0.3 is 4.57 Å². The highest BCUT2D eigenvalue weighted by molar-refractivity contribution is 7.98. The molecule has 0 atom stereocenters. The van der Waals surface area contributed by atoms with Crippen LogP contribution in [0.15, 0.2) is 46.9 Å². The second-order valence-corrected chi connectivity index (χ2v) is 8.97. The number of nitro groups is 1. The molecule has 6 nitrogen and oxygen atoms in total. The number of aromatic nitrogens is 3. The standard InChI is InChI=1S/C20H22N4O2S2/c25-24(26)18-11-5-4-7-15(18)14-28-20-22-21-19(13-17-10-6-12-27-17)23(20)16-8-2-1-3-9-16/h4-7,10-12,16H,1-3,8-9,13-14H2. The molecule has 146 valence electrons. The molecule has 0 saturated heterocycles. The van der Waals surface area contributed by atoms with Gasteiger partial charge in [-0.1, -0.05) is 55.3 Å². The predicted molar refractivity (Wildman–Crippen MR) is 112 cm³/mol. The topological polar surface area (TPSA) is 73.8 Å². The molecular formula is C20H22N4O2S2. The Morgan fingerprint density at radius 3 is 2.71 bits per heavy atom. The summed E-state index contributed by atoms with van der Waals surface area (Å²) in [4.78, 5) is 12.3. The quantitative estimate of drug-likeness (QED) is 0.284. The minimum absolute atomic E-state index is 0.164. The fraction of sp³-hybridized carbons (Fsp3) is 0.400. The van der Waals surface area contributed by atoms with Crippen molar-refractivity contribution in [2.45, 2.75) is 55.5 Å². The van der Waals surface area contributed by atoms with E-state index in [1.807, 2.05) is 12.1 Å². The number of nitro benzene ring substituents is 1. The number of benzene rings is 1. The van der Waals surface area contributed by atoms with E-state index in [1.165, 1.54) is 24.1 Å². The van der Waals surface area contributed by atoms with E-state index < -0.39 is 0 Å². The summed E-state index contributed by atoms with van der Waals surface area (Å²) >= 11 is 3.28. The molecule has 1 aromatic carbocycles. The molecule has 0 N–H and O–H groups in total. The highest BCUT2D eigenvalue weighted by Gasteiger charge is 2.24. The third kappa shape index (κ3) is 4.28. The van der Waals surface area contributed by atoms with Crippen molar-refractivity contribution in [2.75, 3.05) is 0 Å². The predicted octanol–water partition coefficient (Wildman–Crippen LogP) is 5.64. The summed E-state index contributed by atoms with van der Waals surface area (Å²) in [7, 11) is 0. The number of rotatable bonds is 7. The first-order valence-electron chi connectivity index (χ1n) is 9.53. The van der Waals surface area contributed by atoms with Gasteiger partial charge in [-0.3, -0.25) is 10.1 Å². The lowest BCUT2D eigenvalue weighted by Gasteiger charge is -2.25. The van der Waals surface area contributed by atoms with Crippen molar-refractivity contribution >= 4 is 28.8 Å². The highest BCUT2D eigenvalue weighted by atomic mass is 32.2. The Labute approximate surface area is 172 Å². The number of hydrogen-bond donors (Lipinski definition) is 0. The summed E-state index contributed by atoms with van der Waals surface area (Å²) in [6, 6.07) is 11.5. The van der Waals surface area contributed by atoms with Crippen LogP contribution in [0.2, 0.25) is 0 Å². The maximum Gasteiger partial charge on any atom is 0.273 e. The third-order valence-corrected chi connectivity index (χ3v) is 7.00. The first-order chi connectivity index (χ1) is 13.7. The molecule has 0 amide bonds. The summed E-state index contributed by atoms with van der Waals surface area (Å²) in [5.74, 6) is 1.51. The molecule has 28 heavy (non-hydrogen) atoms. The van der Waals surface area contributed by atoms with Gasteiger partial charge in [0.1, 0.15) is 5.82 Å². The number of nitrogens with zero attached hydrogens (tertiary/aromatic N) is 4. The molecule has 0 radical (unpaired) electrons. The van der Waals surface area contributed by atoms with Gasteiger partial charge in [0.25, 0.3) is 5.69 Å². The molecule has 1 fully saturated rings. The van der Waals surface area contributed by atoms with E-state index in [9.17, 15) is 10.1 Å².